The fraction of sp³-hybridized carbons (Fsp3) is 0.429. The third kappa shape index (κ3) is 3.24. The Labute approximate surface area is 111 Å². The van der Waals surface area contributed by atoms with Crippen molar-refractivity contribution in [2.45, 2.75) is 20.4 Å². The summed E-state index contributed by atoms with van der Waals surface area (Å²) in [6.07, 6.45) is 0. The van der Waals surface area contributed by atoms with Crippen molar-refractivity contribution in [1.29, 1.82) is 5.26 Å². The van der Waals surface area contributed by atoms with Crippen molar-refractivity contribution < 1.29 is 4.42 Å². The molecule has 19 heavy (non-hydrogen) atoms. The van der Waals surface area contributed by atoms with Crippen LogP contribution in [-0.2, 0) is 6.54 Å². The Bertz CT molecular complexity index is 648. The predicted molar refractivity (Wildman–Crippen MR) is 72.5 cm³/mol. The molecule has 1 aromatic carbocycles. The Kier molecular flexibility index (Phi) is 4.03. The van der Waals surface area contributed by atoms with E-state index in [1.54, 1.807) is 0 Å². The largest absolute Gasteiger partial charge is 0.417 e. The van der Waals surface area contributed by atoms with Crippen LogP contribution in [0.1, 0.15) is 19.4 Å². The van der Waals surface area contributed by atoms with Gasteiger partial charge in [-0.05, 0) is 23.6 Å². The maximum Gasteiger partial charge on any atom is 0.417 e. The molecule has 0 bridgehead atoms. The van der Waals surface area contributed by atoms with Crippen molar-refractivity contribution in [3.05, 3.63) is 34.3 Å². The molecule has 1 aromatic heterocycles. The van der Waals surface area contributed by atoms with Gasteiger partial charge in [-0.1, -0.05) is 19.9 Å². The molecule has 5 nitrogen and oxygen atoms in total. The van der Waals surface area contributed by atoms with Gasteiger partial charge >= 0.3 is 5.76 Å². The minimum atomic E-state index is -0.440. The number of nitriles is 1. The summed E-state index contributed by atoms with van der Waals surface area (Å²) >= 11 is 0. The lowest BCUT2D eigenvalue weighted by Gasteiger charge is -2.13. The van der Waals surface area contributed by atoms with Crippen molar-refractivity contribution in [3.8, 4) is 6.07 Å². The van der Waals surface area contributed by atoms with Gasteiger partial charge in [-0.3, -0.25) is 4.98 Å². The van der Waals surface area contributed by atoms with Crippen molar-refractivity contribution in [3.63, 3.8) is 0 Å². The maximum absolute atomic E-state index is 11.0. The van der Waals surface area contributed by atoms with E-state index in [1.165, 1.54) is 0 Å². The molecule has 2 N–H and O–H groups in total. The zero-order valence-electron chi connectivity index (χ0n) is 11.1. The summed E-state index contributed by atoms with van der Waals surface area (Å²) in [5.41, 5.74) is 2.28. The minimum Gasteiger partial charge on any atom is -0.408 e. The van der Waals surface area contributed by atoms with E-state index in [-0.39, 0.29) is 5.92 Å². The van der Waals surface area contributed by atoms with Crippen LogP contribution in [0.5, 0.6) is 0 Å². The molecule has 0 aliphatic rings. The molecule has 0 aliphatic heterocycles. The van der Waals surface area contributed by atoms with Crippen LogP contribution in [0, 0.1) is 23.2 Å². The predicted octanol–water partition coefficient (Wildman–Crippen LogP) is 2.01. The van der Waals surface area contributed by atoms with Crippen molar-refractivity contribution in [1.82, 2.24) is 10.3 Å². The number of aromatic nitrogens is 1. The molecule has 1 heterocycles. The number of benzene rings is 1. The lowest BCUT2D eigenvalue weighted by atomic mass is 9.97. The van der Waals surface area contributed by atoms with Gasteiger partial charge in [0.05, 0.1) is 17.5 Å². The van der Waals surface area contributed by atoms with Gasteiger partial charge in [-0.2, -0.15) is 5.26 Å². The smallest absolute Gasteiger partial charge is 0.408 e. The highest BCUT2D eigenvalue weighted by Crippen LogP contribution is 2.13. The lowest BCUT2D eigenvalue weighted by Crippen LogP contribution is -2.24. The van der Waals surface area contributed by atoms with Crippen molar-refractivity contribution in [2.24, 2.45) is 11.8 Å². The maximum atomic E-state index is 11.0. The number of aromatic amines is 1. The summed E-state index contributed by atoms with van der Waals surface area (Å²) in [4.78, 5) is 13.6. The third-order valence-corrected chi connectivity index (χ3v) is 3.15. The molecule has 0 amide bonds. The molecule has 0 aliphatic carbocycles. The molecule has 100 valence electrons. The topological polar surface area (TPSA) is 81.8 Å². The normalized spacial score (nSPS) is 12.7. The fourth-order valence-corrected chi connectivity index (χ4v) is 1.90. The van der Waals surface area contributed by atoms with Crippen LogP contribution >= 0.6 is 0 Å². The van der Waals surface area contributed by atoms with Gasteiger partial charge in [-0.15, -0.1) is 0 Å². The lowest BCUT2D eigenvalue weighted by molar-refractivity contribution is 0.442. The second-order valence-corrected chi connectivity index (χ2v) is 4.96. The van der Waals surface area contributed by atoms with Gasteiger partial charge in [0.15, 0.2) is 5.58 Å². The minimum absolute atomic E-state index is 0.00826. The summed E-state index contributed by atoms with van der Waals surface area (Å²) in [6.45, 7) is 5.38. The van der Waals surface area contributed by atoms with Crippen LogP contribution in [0.3, 0.4) is 0 Å². The Morgan fingerprint density at radius 2 is 2.26 bits per heavy atom. The Morgan fingerprint density at radius 1 is 1.47 bits per heavy atom. The number of rotatable bonds is 5. The number of fused-ring (bicyclic) bond motifs is 1. The number of hydrogen-bond donors (Lipinski definition) is 2. The van der Waals surface area contributed by atoms with Crippen molar-refractivity contribution >= 4 is 11.1 Å². The van der Waals surface area contributed by atoms with E-state index < -0.39 is 5.76 Å². The molecule has 1 unspecified atom stereocenters. The van der Waals surface area contributed by atoms with Crippen LogP contribution in [0.15, 0.2) is 27.4 Å². The monoisotopic (exact) mass is 259 g/mol. The summed E-state index contributed by atoms with van der Waals surface area (Å²) in [6, 6.07) is 7.87. The van der Waals surface area contributed by atoms with Gasteiger partial charge < -0.3 is 9.73 Å². The van der Waals surface area contributed by atoms with Gasteiger partial charge in [0, 0.05) is 13.1 Å². The van der Waals surface area contributed by atoms with Crippen LogP contribution in [0.25, 0.3) is 11.1 Å². The second kappa shape index (κ2) is 5.72. The average Bonchev–Trinajstić information content (AvgIpc) is 2.73. The highest BCUT2D eigenvalue weighted by molar-refractivity contribution is 5.72. The number of nitrogens with one attached hydrogen (secondary N) is 2. The molecule has 0 spiro atoms. The number of nitrogens with zero attached hydrogens (tertiary/aromatic N) is 1. The zero-order chi connectivity index (χ0) is 13.8. The van der Waals surface area contributed by atoms with Gasteiger partial charge in [0.1, 0.15) is 0 Å². The van der Waals surface area contributed by atoms with Crippen LogP contribution in [0.4, 0.5) is 0 Å². The molecule has 0 fully saturated rings. The summed E-state index contributed by atoms with van der Waals surface area (Å²) in [7, 11) is 0. The first-order valence-corrected chi connectivity index (χ1v) is 6.32. The first-order chi connectivity index (χ1) is 9.10. The van der Waals surface area contributed by atoms with Crippen LogP contribution in [0.2, 0.25) is 0 Å². The standard InChI is InChI=1S/C14H17N3O2/c1-9(2)11(6-15)8-16-7-10-3-4-12-13(5-10)19-14(18)17-12/h3-5,9,11,16H,7-8H2,1-2H3,(H,17,18). The van der Waals surface area contributed by atoms with E-state index in [9.17, 15) is 4.79 Å². The van der Waals surface area contributed by atoms with E-state index in [1.807, 2.05) is 32.0 Å². The van der Waals surface area contributed by atoms with Crippen LogP contribution < -0.4 is 11.1 Å². The van der Waals surface area contributed by atoms with Gasteiger partial charge in [0.2, 0.25) is 0 Å². The first-order valence-electron chi connectivity index (χ1n) is 6.32. The fourth-order valence-electron chi connectivity index (χ4n) is 1.90. The van der Waals surface area contributed by atoms with E-state index >= 15 is 0 Å². The second-order valence-electron chi connectivity index (χ2n) is 4.96. The van der Waals surface area contributed by atoms with Gasteiger partial charge in [-0.25, -0.2) is 4.79 Å². The van der Waals surface area contributed by atoms with Gasteiger partial charge in [0.25, 0.3) is 0 Å². The molecule has 1 atom stereocenters. The number of oxazole rings is 1. The SMILES string of the molecule is CC(C)C(C#N)CNCc1ccc2[nH]c(=O)oc2c1. The molecular weight excluding hydrogens is 242 g/mol. The molecule has 0 radical (unpaired) electrons. The molecule has 0 saturated carbocycles. The zero-order valence-corrected chi connectivity index (χ0v) is 11.1. The molecule has 2 aromatic rings. The summed E-state index contributed by atoms with van der Waals surface area (Å²) < 4.78 is 5.00. The Balaban J connectivity index is 1.98. The number of H-pyrrole nitrogens is 1. The van der Waals surface area contributed by atoms with E-state index in [4.69, 9.17) is 9.68 Å². The Morgan fingerprint density at radius 3 is 2.95 bits per heavy atom. The molecule has 5 heteroatoms. The Hall–Kier alpha value is -2.06. The molecular formula is C14H17N3O2. The molecule has 2 rings (SSSR count). The average molecular weight is 259 g/mol. The highest BCUT2D eigenvalue weighted by Gasteiger charge is 2.11. The number of hydrogen-bond acceptors (Lipinski definition) is 4. The van der Waals surface area contributed by atoms with Crippen LogP contribution in [-0.4, -0.2) is 11.5 Å². The highest BCUT2D eigenvalue weighted by atomic mass is 16.4. The molecule has 0 saturated heterocycles. The summed E-state index contributed by atoms with van der Waals surface area (Å²) in [5, 5.41) is 12.2. The quantitative estimate of drug-likeness (QED) is 0.860. The third-order valence-electron chi connectivity index (χ3n) is 3.15. The van der Waals surface area contributed by atoms with E-state index in [2.05, 4.69) is 16.4 Å². The first kappa shape index (κ1) is 13.4. The van der Waals surface area contributed by atoms with E-state index in [0.717, 1.165) is 5.56 Å². The van der Waals surface area contributed by atoms with E-state index in [0.29, 0.717) is 30.1 Å². The van der Waals surface area contributed by atoms with Crippen molar-refractivity contribution in [2.75, 3.05) is 6.54 Å². The summed E-state index contributed by atoms with van der Waals surface area (Å²) in [5.74, 6) is -0.0962.